The second kappa shape index (κ2) is 7.47. The second-order valence-electron chi connectivity index (χ2n) is 4.66. The van der Waals surface area contributed by atoms with E-state index in [0.29, 0.717) is 30.9 Å². The van der Waals surface area contributed by atoms with E-state index in [1.54, 1.807) is 38.1 Å². The Morgan fingerprint density at radius 1 is 1.35 bits per heavy atom. The zero-order valence-electron chi connectivity index (χ0n) is 12.2. The highest BCUT2D eigenvalue weighted by Gasteiger charge is 2.25. The summed E-state index contributed by atoms with van der Waals surface area (Å²) in [6.45, 7) is 4.28. The smallest absolute Gasteiger partial charge is 0.301 e. The minimum atomic E-state index is -3.63. The monoisotopic (exact) mass is 301 g/mol. The van der Waals surface area contributed by atoms with E-state index in [4.69, 9.17) is 10.5 Å². The average Bonchev–Trinajstić information content (AvgIpc) is 2.38. The van der Waals surface area contributed by atoms with Crippen molar-refractivity contribution in [1.82, 2.24) is 4.72 Å². The lowest BCUT2D eigenvalue weighted by atomic mass is 10.3. The molecule has 0 aliphatic rings. The molecule has 0 aliphatic carbocycles. The fourth-order valence-corrected chi connectivity index (χ4v) is 3.30. The molecule has 6 nitrogen and oxygen atoms in total. The number of para-hydroxylation sites is 2. The molecular formula is C13H23N3O3S. The summed E-state index contributed by atoms with van der Waals surface area (Å²) < 4.78 is 34.0. The molecule has 1 aromatic carbocycles. The highest BCUT2D eigenvalue weighted by Crippen LogP contribution is 2.29. The topological polar surface area (TPSA) is 84.7 Å². The Labute approximate surface area is 121 Å². The quantitative estimate of drug-likeness (QED) is 0.753. The molecule has 1 aromatic rings. The van der Waals surface area contributed by atoms with Crippen molar-refractivity contribution in [3.63, 3.8) is 0 Å². The minimum Gasteiger partial charge on any atom is -0.495 e. The fourth-order valence-electron chi connectivity index (χ4n) is 1.80. The first-order chi connectivity index (χ1) is 9.42. The van der Waals surface area contributed by atoms with Gasteiger partial charge in [0.25, 0.3) is 0 Å². The molecule has 0 amide bonds. The Bertz CT molecular complexity index is 517. The van der Waals surface area contributed by atoms with Crippen LogP contribution in [0.2, 0.25) is 0 Å². The number of ether oxygens (including phenoxy) is 1. The molecule has 0 fully saturated rings. The molecule has 0 saturated heterocycles. The Balaban J connectivity index is 3.18. The Morgan fingerprint density at radius 2 is 2.00 bits per heavy atom. The van der Waals surface area contributed by atoms with Crippen LogP contribution in [-0.4, -0.2) is 34.7 Å². The molecule has 0 aromatic heterocycles. The number of hydrogen-bond donors (Lipinski definition) is 2. The van der Waals surface area contributed by atoms with Gasteiger partial charge in [-0.2, -0.15) is 13.1 Å². The number of anilines is 1. The van der Waals surface area contributed by atoms with Crippen molar-refractivity contribution in [3.05, 3.63) is 24.3 Å². The molecule has 114 valence electrons. The van der Waals surface area contributed by atoms with Crippen molar-refractivity contribution < 1.29 is 13.2 Å². The van der Waals surface area contributed by atoms with Gasteiger partial charge in [-0.3, -0.25) is 4.31 Å². The van der Waals surface area contributed by atoms with Crippen molar-refractivity contribution in [3.8, 4) is 5.75 Å². The van der Waals surface area contributed by atoms with E-state index in [2.05, 4.69) is 4.72 Å². The molecule has 0 spiro atoms. The van der Waals surface area contributed by atoms with Gasteiger partial charge in [-0.1, -0.05) is 12.1 Å². The maximum absolute atomic E-state index is 12.4. The maximum atomic E-state index is 12.4. The summed E-state index contributed by atoms with van der Waals surface area (Å²) in [6.07, 6.45) is 0.567. The van der Waals surface area contributed by atoms with Crippen LogP contribution in [0.1, 0.15) is 20.3 Å². The summed E-state index contributed by atoms with van der Waals surface area (Å²) in [5.41, 5.74) is 6.01. The summed E-state index contributed by atoms with van der Waals surface area (Å²) in [5.74, 6) is 0.513. The van der Waals surface area contributed by atoms with Gasteiger partial charge in [0.05, 0.1) is 12.8 Å². The summed E-state index contributed by atoms with van der Waals surface area (Å²) in [7, 11) is -2.12. The minimum absolute atomic E-state index is 0.185. The zero-order valence-corrected chi connectivity index (χ0v) is 13.0. The van der Waals surface area contributed by atoms with Crippen molar-refractivity contribution >= 4 is 15.9 Å². The van der Waals surface area contributed by atoms with Crippen LogP contribution in [0.25, 0.3) is 0 Å². The van der Waals surface area contributed by atoms with Crippen LogP contribution in [0.15, 0.2) is 24.3 Å². The van der Waals surface area contributed by atoms with Gasteiger partial charge >= 0.3 is 10.2 Å². The lowest BCUT2D eigenvalue weighted by Gasteiger charge is -2.26. The average molecular weight is 301 g/mol. The third-order valence-corrected chi connectivity index (χ3v) is 4.32. The second-order valence-corrected chi connectivity index (χ2v) is 6.29. The van der Waals surface area contributed by atoms with Crippen LogP contribution in [0.4, 0.5) is 5.69 Å². The number of benzene rings is 1. The van der Waals surface area contributed by atoms with E-state index >= 15 is 0 Å². The number of hydrogen-bond acceptors (Lipinski definition) is 4. The van der Waals surface area contributed by atoms with Crippen molar-refractivity contribution in [2.75, 3.05) is 24.5 Å². The van der Waals surface area contributed by atoms with Gasteiger partial charge in [0.2, 0.25) is 0 Å². The van der Waals surface area contributed by atoms with E-state index in [9.17, 15) is 8.42 Å². The van der Waals surface area contributed by atoms with Gasteiger partial charge < -0.3 is 10.5 Å². The fraction of sp³-hybridized carbons (Fsp3) is 0.538. The number of methoxy groups -OCH3 is 1. The summed E-state index contributed by atoms with van der Waals surface area (Å²) in [5, 5.41) is 0. The number of nitrogens with two attached hydrogens (primary N) is 1. The summed E-state index contributed by atoms with van der Waals surface area (Å²) in [6, 6.07) is 6.84. The van der Waals surface area contributed by atoms with Gasteiger partial charge in [-0.25, -0.2) is 0 Å². The van der Waals surface area contributed by atoms with Crippen LogP contribution in [0.3, 0.4) is 0 Å². The van der Waals surface area contributed by atoms with Gasteiger partial charge in [-0.15, -0.1) is 0 Å². The number of nitrogens with zero attached hydrogens (tertiary/aromatic N) is 1. The molecule has 1 rings (SSSR count). The Kier molecular flexibility index (Phi) is 6.25. The Morgan fingerprint density at radius 3 is 2.55 bits per heavy atom. The molecule has 0 heterocycles. The SMILES string of the molecule is COc1ccccc1N(CCCN)S(=O)(=O)NC(C)C. The maximum Gasteiger partial charge on any atom is 0.301 e. The molecule has 3 N–H and O–H groups in total. The molecule has 7 heteroatoms. The predicted molar refractivity (Wildman–Crippen MR) is 81.2 cm³/mol. The first-order valence-electron chi connectivity index (χ1n) is 6.55. The number of nitrogens with one attached hydrogen (secondary N) is 1. The van der Waals surface area contributed by atoms with Crippen molar-refractivity contribution in [2.24, 2.45) is 5.73 Å². The molecule has 20 heavy (non-hydrogen) atoms. The molecular weight excluding hydrogens is 278 g/mol. The molecule has 0 radical (unpaired) electrons. The van der Waals surface area contributed by atoms with Gasteiger partial charge in [0.1, 0.15) is 5.75 Å². The van der Waals surface area contributed by atoms with Gasteiger partial charge in [0.15, 0.2) is 0 Å². The van der Waals surface area contributed by atoms with Gasteiger partial charge in [0, 0.05) is 12.6 Å². The van der Waals surface area contributed by atoms with Crippen LogP contribution in [0, 0.1) is 0 Å². The first-order valence-corrected chi connectivity index (χ1v) is 7.99. The summed E-state index contributed by atoms with van der Waals surface area (Å²) in [4.78, 5) is 0. The van der Waals surface area contributed by atoms with Crippen LogP contribution in [-0.2, 0) is 10.2 Å². The third kappa shape index (κ3) is 4.36. The lowest BCUT2D eigenvalue weighted by molar-refractivity contribution is 0.415. The van der Waals surface area contributed by atoms with Crippen molar-refractivity contribution in [2.45, 2.75) is 26.3 Å². The van der Waals surface area contributed by atoms with Crippen LogP contribution < -0.4 is 19.5 Å². The predicted octanol–water partition coefficient (Wildman–Crippen LogP) is 1.09. The van der Waals surface area contributed by atoms with Crippen LogP contribution >= 0.6 is 0 Å². The lowest BCUT2D eigenvalue weighted by Crippen LogP contribution is -2.44. The first kappa shape index (κ1) is 16.7. The molecule has 0 atom stereocenters. The number of rotatable bonds is 8. The van der Waals surface area contributed by atoms with E-state index in [0.717, 1.165) is 0 Å². The largest absolute Gasteiger partial charge is 0.495 e. The van der Waals surface area contributed by atoms with Crippen molar-refractivity contribution in [1.29, 1.82) is 0 Å². The van der Waals surface area contributed by atoms with E-state index < -0.39 is 10.2 Å². The highest BCUT2D eigenvalue weighted by atomic mass is 32.2. The van der Waals surface area contributed by atoms with E-state index in [1.807, 2.05) is 0 Å². The molecule has 0 bridgehead atoms. The Hall–Kier alpha value is -1.31. The van der Waals surface area contributed by atoms with Gasteiger partial charge in [-0.05, 0) is 38.9 Å². The highest BCUT2D eigenvalue weighted by molar-refractivity contribution is 7.90. The normalized spacial score (nSPS) is 11.7. The van der Waals surface area contributed by atoms with E-state index in [-0.39, 0.29) is 6.04 Å². The molecule has 0 saturated carbocycles. The van der Waals surface area contributed by atoms with Crippen LogP contribution in [0.5, 0.6) is 5.75 Å². The standard InChI is InChI=1S/C13H23N3O3S/c1-11(2)15-20(17,18)16(10-6-9-14)12-7-4-5-8-13(12)19-3/h4-5,7-8,11,15H,6,9-10,14H2,1-3H3. The summed E-state index contributed by atoms with van der Waals surface area (Å²) >= 11 is 0. The molecule has 0 unspecified atom stereocenters. The van der Waals surface area contributed by atoms with E-state index in [1.165, 1.54) is 11.4 Å². The zero-order chi connectivity index (χ0) is 15.2. The molecule has 0 aliphatic heterocycles. The third-order valence-electron chi connectivity index (χ3n) is 2.59.